The summed E-state index contributed by atoms with van der Waals surface area (Å²) in [6.45, 7) is 1.52. The summed E-state index contributed by atoms with van der Waals surface area (Å²) < 4.78 is 20.6. The third kappa shape index (κ3) is 6.13. The summed E-state index contributed by atoms with van der Waals surface area (Å²) in [4.78, 5) is 38.0. The molecular formula is C24H27NO7S. The van der Waals surface area contributed by atoms with Gasteiger partial charge in [0.05, 0.1) is 26.4 Å². The molecule has 0 aliphatic heterocycles. The number of fused-ring (bicyclic) bond motifs is 1. The molecule has 0 atom stereocenters. The first-order valence-electron chi connectivity index (χ1n) is 10.6. The van der Waals surface area contributed by atoms with Crippen molar-refractivity contribution in [1.29, 1.82) is 0 Å². The number of methoxy groups -OCH3 is 2. The number of carbonyl (C=O) groups excluding carboxylic acids is 3. The topological polar surface area (TPSA) is 100 Å². The lowest BCUT2D eigenvalue weighted by Crippen LogP contribution is -2.21. The Labute approximate surface area is 196 Å². The second-order valence-electron chi connectivity index (χ2n) is 7.24. The third-order valence-electron chi connectivity index (χ3n) is 5.07. The second kappa shape index (κ2) is 11.5. The number of thiophene rings is 1. The Kier molecular flexibility index (Phi) is 8.48. The first kappa shape index (κ1) is 24.3. The Morgan fingerprint density at radius 1 is 1.06 bits per heavy atom. The van der Waals surface area contributed by atoms with Crippen molar-refractivity contribution in [3.63, 3.8) is 0 Å². The van der Waals surface area contributed by atoms with E-state index in [1.54, 1.807) is 31.2 Å². The van der Waals surface area contributed by atoms with E-state index >= 15 is 0 Å². The number of aryl methyl sites for hydroxylation is 1. The molecule has 8 nitrogen and oxygen atoms in total. The van der Waals surface area contributed by atoms with Crippen LogP contribution in [0.15, 0.2) is 24.3 Å². The summed E-state index contributed by atoms with van der Waals surface area (Å²) >= 11 is 1.38. The van der Waals surface area contributed by atoms with Crippen LogP contribution in [0, 0.1) is 0 Å². The largest absolute Gasteiger partial charge is 0.493 e. The second-order valence-corrected chi connectivity index (χ2v) is 8.34. The zero-order chi connectivity index (χ0) is 23.8. The van der Waals surface area contributed by atoms with Crippen molar-refractivity contribution in [2.24, 2.45) is 0 Å². The maximum absolute atomic E-state index is 12.5. The van der Waals surface area contributed by atoms with Gasteiger partial charge in [0.2, 0.25) is 0 Å². The van der Waals surface area contributed by atoms with E-state index < -0.39 is 24.5 Å². The highest BCUT2D eigenvalue weighted by Crippen LogP contribution is 2.38. The van der Waals surface area contributed by atoms with Crippen molar-refractivity contribution in [2.45, 2.75) is 32.6 Å². The summed E-state index contributed by atoms with van der Waals surface area (Å²) in [6, 6.07) is 5.19. The van der Waals surface area contributed by atoms with Crippen LogP contribution in [0.3, 0.4) is 0 Å². The Bertz CT molecular complexity index is 1060. The molecule has 0 radical (unpaired) electrons. The van der Waals surface area contributed by atoms with Crippen molar-refractivity contribution in [2.75, 3.05) is 32.8 Å². The van der Waals surface area contributed by atoms with Gasteiger partial charge >= 0.3 is 11.9 Å². The van der Waals surface area contributed by atoms with Crippen LogP contribution in [0.5, 0.6) is 11.5 Å². The lowest BCUT2D eigenvalue weighted by Gasteiger charge is -2.12. The van der Waals surface area contributed by atoms with Gasteiger partial charge in [-0.1, -0.05) is 6.07 Å². The molecule has 1 aromatic heterocycles. The first-order valence-corrected chi connectivity index (χ1v) is 11.5. The first-order chi connectivity index (χ1) is 16.0. The average Bonchev–Trinajstić information content (AvgIpc) is 3.19. The number of ether oxygens (including phenoxy) is 4. The molecule has 3 rings (SSSR count). The molecule has 2 aromatic rings. The highest BCUT2D eigenvalue weighted by molar-refractivity contribution is 7.17. The zero-order valence-corrected chi connectivity index (χ0v) is 19.7. The Balaban J connectivity index is 1.60. The fourth-order valence-electron chi connectivity index (χ4n) is 3.54. The minimum atomic E-state index is -0.670. The van der Waals surface area contributed by atoms with E-state index in [1.165, 1.54) is 31.6 Å². The van der Waals surface area contributed by atoms with Gasteiger partial charge in [0.25, 0.3) is 5.91 Å². The molecule has 33 heavy (non-hydrogen) atoms. The van der Waals surface area contributed by atoms with Crippen molar-refractivity contribution in [1.82, 2.24) is 0 Å². The molecule has 1 aliphatic rings. The lowest BCUT2D eigenvalue weighted by atomic mass is 9.95. The van der Waals surface area contributed by atoms with Gasteiger partial charge in [-0.15, -0.1) is 11.3 Å². The number of amides is 1. The number of nitrogens with one attached hydrogen (secondary N) is 1. The summed E-state index contributed by atoms with van der Waals surface area (Å²) in [5, 5.41) is 3.16. The Morgan fingerprint density at radius 3 is 2.55 bits per heavy atom. The van der Waals surface area contributed by atoms with E-state index in [0.29, 0.717) is 27.6 Å². The average molecular weight is 474 g/mol. The molecule has 1 aromatic carbocycles. The summed E-state index contributed by atoms with van der Waals surface area (Å²) in [5.41, 5.74) is 2.08. The molecule has 9 heteroatoms. The number of esters is 2. The van der Waals surface area contributed by atoms with Gasteiger partial charge < -0.3 is 24.3 Å². The third-order valence-corrected chi connectivity index (χ3v) is 6.28. The van der Waals surface area contributed by atoms with Crippen LogP contribution >= 0.6 is 11.3 Å². The Morgan fingerprint density at radius 2 is 1.82 bits per heavy atom. The zero-order valence-electron chi connectivity index (χ0n) is 18.9. The standard InChI is InChI=1S/C24H27NO7S/c1-4-31-24(28)22-16-7-5-6-8-19(16)33-23(22)25-20(26)14-32-21(27)12-10-15-9-11-17(29-2)18(13-15)30-3/h9-13H,4-8,14H2,1-3H3,(H,25,26). The lowest BCUT2D eigenvalue weighted by molar-refractivity contribution is -0.142. The van der Waals surface area contributed by atoms with E-state index in [9.17, 15) is 14.4 Å². The molecule has 1 heterocycles. The molecule has 0 saturated carbocycles. The molecule has 1 aliphatic carbocycles. The number of carbonyl (C=O) groups is 3. The van der Waals surface area contributed by atoms with E-state index in [2.05, 4.69) is 5.32 Å². The number of hydrogen-bond donors (Lipinski definition) is 1. The highest BCUT2D eigenvalue weighted by atomic mass is 32.1. The van der Waals surface area contributed by atoms with Crippen molar-refractivity contribution in [3.05, 3.63) is 45.8 Å². The molecular weight excluding hydrogens is 446 g/mol. The minimum Gasteiger partial charge on any atom is -0.493 e. The molecule has 0 bridgehead atoms. The van der Waals surface area contributed by atoms with Gasteiger partial charge in [0.1, 0.15) is 5.00 Å². The normalized spacial score (nSPS) is 12.7. The molecule has 1 amide bonds. The fraction of sp³-hybridized carbons (Fsp3) is 0.375. The van der Waals surface area contributed by atoms with Crippen molar-refractivity contribution < 1.29 is 33.3 Å². The van der Waals surface area contributed by atoms with Gasteiger partial charge in [0, 0.05) is 11.0 Å². The molecule has 0 saturated heterocycles. The van der Waals surface area contributed by atoms with Crippen LogP contribution in [0.1, 0.15) is 46.1 Å². The Hall–Kier alpha value is -3.33. The molecule has 1 N–H and O–H groups in total. The smallest absolute Gasteiger partial charge is 0.341 e. The maximum atomic E-state index is 12.5. The summed E-state index contributed by atoms with van der Waals surface area (Å²) in [6.07, 6.45) is 6.47. The van der Waals surface area contributed by atoms with Gasteiger partial charge in [0.15, 0.2) is 18.1 Å². The number of benzene rings is 1. The number of hydrogen-bond acceptors (Lipinski definition) is 8. The SMILES string of the molecule is CCOC(=O)c1c(NC(=O)COC(=O)C=Cc2ccc(OC)c(OC)c2)sc2c1CCCC2. The van der Waals surface area contributed by atoms with Gasteiger partial charge in [-0.2, -0.15) is 0 Å². The minimum absolute atomic E-state index is 0.251. The van der Waals surface area contributed by atoms with E-state index in [4.69, 9.17) is 18.9 Å². The predicted octanol–water partition coefficient (Wildman–Crippen LogP) is 4.02. The molecule has 0 fully saturated rings. The number of rotatable bonds is 9. The maximum Gasteiger partial charge on any atom is 0.341 e. The van der Waals surface area contributed by atoms with Gasteiger partial charge in [-0.25, -0.2) is 9.59 Å². The molecule has 0 unspecified atom stereocenters. The molecule has 176 valence electrons. The van der Waals surface area contributed by atoms with E-state index in [0.717, 1.165) is 36.1 Å². The monoisotopic (exact) mass is 473 g/mol. The predicted molar refractivity (Wildman–Crippen MR) is 125 cm³/mol. The van der Waals surface area contributed by atoms with Gasteiger partial charge in [-0.05, 0) is 61.9 Å². The van der Waals surface area contributed by atoms with Crippen molar-refractivity contribution >= 4 is 40.3 Å². The highest BCUT2D eigenvalue weighted by Gasteiger charge is 2.27. The number of anilines is 1. The summed E-state index contributed by atoms with van der Waals surface area (Å²) in [5.74, 6) is -0.528. The molecule has 0 spiro atoms. The quantitative estimate of drug-likeness (QED) is 0.434. The van der Waals surface area contributed by atoms with Crippen LogP contribution in [0.25, 0.3) is 6.08 Å². The van der Waals surface area contributed by atoms with Crippen LogP contribution < -0.4 is 14.8 Å². The van der Waals surface area contributed by atoms with Crippen LogP contribution in [-0.2, 0) is 31.9 Å². The van der Waals surface area contributed by atoms with Crippen LogP contribution in [0.4, 0.5) is 5.00 Å². The van der Waals surface area contributed by atoms with E-state index in [1.807, 2.05) is 0 Å². The van der Waals surface area contributed by atoms with Crippen LogP contribution in [-0.4, -0.2) is 45.3 Å². The fourth-order valence-corrected chi connectivity index (χ4v) is 4.83. The van der Waals surface area contributed by atoms with E-state index in [-0.39, 0.29) is 6.61 Å². The van der Waals surface area contributed by atoms with Crippen LogP contribution in [0.2, 0.25) is 0 Å². The summed E-state index contributed by atoms with van der Waals surface area (Å²) in [7, 11) is 3.06. The van der Waals surface area contributed by atoms with Crippen molar-refractivity contribution in [3.8, 4) is 11.5 Å². The van der Waals surface area contributed by atoms with Gasteiger partial charge in [-0.3, -0.25) is 4.79 Å².